The molecular weight excluding hydrogens is 511 g/mol. The Bertz CT molecular complexity index is 1580. The highest BCUT2D eigenvalue weighted by molar-refractivity contribution is 5.85. The molecule has 0 bridgehead atoms. The summed E-state index contributed by atoms with van der Waals surface area (Å²) >= 11 is 0. The topological polar surface area (TPSA) is 60.2 Å². The number of anilines is 2. The molecule has 0 aliphatic carbocycles. The Labute approximate surface area is 222 Å². The third-order valence-corrected chi connectivity index (χ3v) is 7.60. The number of benzene rings is 2. The van der Waals surface area contributed by atoms with E-state index in [1.165, 1.54) is 6.07 Å². The van der Waals surface area contributed by atoms with Crippen LogP contribution in [0, 0.1) is 0 Å². The van der Waals surface area contributed by atoms with Crippen molar-refractivity contribution in [3.63, 3.8) is 0 Å². The molecule has 0 saturated heterocycles. The van der Waals surface area contributed by atoms with Crippen molar-refractivity contribution in [3.8, 4) is 28.4 Å². The van der Waals surface area contributed by atoms with Gasteiger partial charge >= 0.3 is 6.18 Å². The number of rotatable bonds is 4. The molecule has 1 unspecified atom stereocenters. The van der Waals surface area contributed by atoms with E-state index in [-0.39, 0.29) is 19.1 Å². The van der Waals surface area contributed by atoms with Crippen LogP contribution in [-0.2, 0) is 18.1 Å². The maximum atomic E-state index is 13.2. The van der Waals surface area contributed by atoms with E-state index >= 15 is 0 Å². The van der Waals surface area contributed by atoms with Crippen molar-refractivity contribution >= 4 is 11.5 Å². The molecule has 0 amide bonds. The summed E-state index contributed by atoms with van der Waals surface area (Å²) in [4.78, 5) is 8.56. The summed E-state index contributed by atoms with van der Waals surface area (Å²) in [7, 11) is 3.86. The van der Waals surface area contributed by atoms with E-state index in [1.807, 2.05) is 60.3 Å². The summed E-state index contributed by atoms with van der Waals surface area (Å²) in [6.07, 6.45) is -2.73. The molecule has 7 nitrogen and oxygen atoms in total. The quantitative estimate of drug-likeness (QED) is 0.325. The average Bonchev–Trinajstić information content (AvgIpc) is 3.70. The third kappa shape index (κ3) is 3.61. The number of alkyl halides is 3. The van der Waals surface area contributed by atoms with Gasteiger partial charge in [0.25, 0.3) is 0 Å². The van der Waals surface area contributed by atoms with Gasteiger partial charge in [-0.15, -0.1) is 0 Å². The molecule has 7 rings (SSSR count). The van der Waals surface area contributed by atoms with Gasteiger partial charge in [0.1, 0.15) is 23.9 Å². The number of nitrogens with zero attached hydrogens (tertiary/aromatic N) is 3. The molecule has 0 saturated carbocycles. The van der Waals surface area contributed by atoms with Crippen LogP contribution in [0.3, 0.4) is 0 Å². The highest BCUT2D eigenvalue weighted by Crippen LogP contribution is 2.59. The molecule has 10 heteroatoms. The molecule has 1 spiro atoms. The van der Waals surface area contributed by atoms with Crippen molar-refractivity contribution in [1.29, 1.82) is 0 Å². The molecule has 200 valence electrons. The lowest BCUT2D eigenvalue weighted by molar-refractivity contribution is -0.153. The third-order valence-electron chi connectivity index (χ3n) is 7.60. The monoisotopic (exact) mass is 535 g/mol. The maximum absolute atomic E-state index is 13.2. The maximum Gasteiger partial charge on any atom is 0.449 e. The average molecular weight is 536 g/mol. The van der Waals surface area contributed by atoms with Gasteiger partial charge in [-0.25, -0.2) is 4.98 Å². The minimum Gasteiger partial charge on any atom is -0.491 e. The van der Waals surface area contributed by atoms with E-state index in [2.05, 4.69) is 11.1 Å². The van der Waals surface area contributed by atoms with E-state index in [0.29, 0.717) is 30.4 Å². The van der Waals surface area contributed by atoms with Crippen molar-refractivity contribution < 1.29 is 31.8 Å². The van der Waals surface area contributed by atoms with E-state index in [1.54, 1.807) is 6.20 Å². The fraction of sp³-hybridized carbons (Fsp3) is 0.276. The summed E-state index contributed by atoms with van der Waals surface area (Å²) < 4.78 is 62.8. The highest BCUT2D eigenvalue weighted by atomic mass is 19.4. The summed E-state index contributed by atoms with van der Waals surface area (Å²) in [6.45, 7) is 1.15. The summed E-state index contributed by atoms with van der Waals surface area (Å²) in [5.74, 6) is 2.01. The first kappa shape index (κ1) is 23.8. The van der Waals surface area contributed by atoms with Gasteiger partial charge < -0.3 is 28.4 Å². The second-order valence-corrected chi connectivity index (χ2v) is 10.2. The van der Waals surface area contributed by atoms with Gasteiger partial charge in [-0.1, -0.05) is 18.2 Å². The predicted octanol–water partition coefficient (Wildman–Crippen LogP) is 5.85. The van der Waals surface area contributed by atoms with Crippen LogP contribution in [0.25, 0.3) is 11.1 Å². The van der Waals surface area contributed by atoms with Crippen molar-refractivity contribution in [2.45, 2.75) is 18.1 Å². The number of halogens is 3. The lowest BCUT2D eigenvalue weighted by Crippen LogP contribution is -2.35. The highest BCUT2D eigenvalue weighted by Gasteiger charge is 2.52. The van der Waals surface area contributed by atoms with Crippen LogP contribution in [0.2, 0.25) is 0 Å². The molecule has 3 aliphatic heterocycles. The first-order valence-corrected chi connectivity index (χ1v) is 12.5. The van der Waals surface area contributed by atoms with E-state index < -0.39 is 17.4 Å². The Kier molecular flexibility index (Phi) is 5.07. The van der Waals surface area contributed by atoms with Crippen LogP contribution in [-0.4, -0.2) is 39.0 Å². The van der Waals surface area contributed by atoms with Crippen LogP contribution < -0.4 is 24.0 Å². The van der Waals surface area contributed by atoms with Crippen molar-refractivity contribution in [2.75, 3.05) is 43.8 Å². The van der Waals surface area contributed by atoms with Gasteiger partial charge in [0.2, 0.25) is 12.6 Å². The van der Waals surface area contributed by atoms with Crippen LogP contribution in [0.1, 0.15) is 22.6 Å². The molecule has 0 radical (unpaired) electrons. The SMILES string of the molecule is CN(C)c1ccc(-c2c3c(cc4c2OCC42CN(Cc4ccc(C(F)(F)F)o4)c4ccccc42)OCO3)cn1. The van der Waals surface area contributed by atoms with Crippen LogP contribution in [0.5, 0.6) is 17.2 Å². The Hall–Kier alpha value is -4.34. The molecule has 0 fully saturated rings. The number of ether oxygens (including phenoxy) is 3. The zero-order valence-corrected chi connectivity index (χ0v) is 21.2. The minimum atomic E-state index is -4.53. The second-order valence-electron chi connectivity index (χ2n) is 10.2. The second kappa shape index (κ2) is 8.33. The number of hydrogen-bond acceptors (Lipinski definition) is 7. The Balaban J connectivity index is 1.32. The zero-order valence-electron chi connectivity index (χ0n) is 21.2. The molecule has 5 heterocycles. The smallest absolute Gasteiger partial charge is 0.449 e. The Morgan fingerprint density at radius 3 is 2.56 bits per heavy atom. The summed E-state index contributed by atoms with van der Waals surface area (Å²) in [5, 5.41) is 0. The lowest BCUT2D eigenvalue weighted by atomic mass is 9.77. The molecule has 39 heavy (non-hydrogen) atoms. The molecule has 2 aromatic carbocycles. The fourth-order valence-corrected chi connectivity index (χ4v) is 5.81. The van der Waals surface area contributed by atoms with Crippen LogP contribution in [0.15, 0.2) is 65.2 Å². The van der Waals surface area contributed by atoms with Crippen LogP contribution in [0.4, 0.5) is 24.7 Å². The van der Waals surface area contributed by atoms with E-state index in [9.17, 15) is 13.2 Å². The predicted molar refractivity (Wildman–Crippen MR) is 138 cm³/mol. The Morgan fingerprint density at radius 1 is 0.974 bits per heavy atom. The van der Waals surface area contributed by atoms with Gasteiger partial charge in [-0.3, -0.25) is 0 Å². The summed E-state index contributed by atoms with van der Waals surface area (Å²) in [6, 6.07) is 16.2. The number of fused-ring (bicyclic) bond motifs is 5. The summed E-state index contributed by atoms with van der Waals surface area (Å²) in [5.41, 5.74) is 3.98. The fourth-order valence-electron chi connectivity index (χ4n) is 5.81. The number of hydrogen-bond donors (Lipinski definition) is 0. The van der Waals surface area contributed by atoms with E-state index in [0.717, 1.165) is 39.8 Å². The lowest BCUT2D eigenvalue weighted by Gasteiger charge is -2.25. The molecule has 1 atom stereocenters. The molecule has 0 N–H and O–H groups in total. The molecule has 2 aromatic heterocycles. The number of furan rings is 1. The number of pyridine rings is 1. The largest absolute Gasteiger partial charge is 0.491 e. The van der Waals surface area contributed by atoms with Gasteiger partial charge in [-0.2, -0.15) is 13.2 Å². The minimum absolute atomic E-state index is 0.101. The zero-order chi connectivity index (χ0) is 26.9. The molecular formula is C29H24F3N3O4. The van der Waals surface area contributed by atoms with Gasteiger partial charge in [0.05, 0.1) is 17.5 Å². The van der Waals surface area contributed by atoms with Crippen molar-refractivity contribution in [1.82, 2.24) is 4.98 Å². The van der Waals surface area contributed by atoms with Crippen molar-refractivity contribution in [3.05, 3.63) is 83.4 Å². The van der Waals surface area contributed by atoms with Gasteiger partial charge in [0, 0.05) is 43.7 Å². The molecule has 3 aliphatic rings. The van der Waals surface area contributed by atoms with Gasteiger partial charge in [0.15, 0.2) is 11.5 Å². The first-order valence-electron chi connectivity index (χ1n) is 12.5. The normalized spacial score (nSPS) is 18.8. The van der Waals surface area contributed by atoms with Crippen molar-refractivity contribution in [2.24, 2.45) is 0 Å². The standard InChI is InChI=1S/C29H24F3N3O4/c1-34(2)24-10-7-17(12-33-24)25-26-20(11-22-27(25)38-16-37-22)28(15-36-26)14-35(21-6-4-3-5-19(21)28)13-18-8-9-23(39-18)29(30,31)32/h3-12H,13-16H2,1-2H3. The van der Waals surface area contributed by atoms with Gasteiger partial charge in [-0.05, 0) is 42.0 Å². The first-order chi connectivity index (χ1) is 18.7. The van der Waals surface area contributed by atoms with Crippen LogP contribution >= 0.6 is 0 Å². The number of aromatic nitrogens is 1. The van der Waals surface area contributed by atoms with E-state index in [4.69, 9.17) is 18.6 Å². The number of para-hydroxylation sites is 1. The molecule has 4 aromatic rings. The Morgan fingerprint density at radius 2 is 1.82 bits per heavy atom.